The largest absolute Gasteiger partial charge is 0.370 e. The van der Waals surface area contributed by atoms with E-state index in [9.17, 15) is 0 Å². The minimum Gasteiger partial charge on any atom is -0.370 e. The lowest BCUT2D eigenvalue weighted by Crippen LogP contribution is -2.29. The van der Waals surface area contributed by atoms with Gasteiger partial charge in [0.25, 0.3) is 0 Å². The quantitative estimate of drug-likeness (QED) is 0.774. The molecule has 0 aromatic carbocycles. The van der Waals surface area contributed by atoms with Gasteiger partial charge in [-0.3, -0.25) is 4.90 Å². The predicted molar refractivity (Wildman–Crippen MR) is 83.4 cm³/mol. The second-order valence-corrected chi connectivity index (χ2v) is 5.87. The van der Waals surface area contributed by atoms with Crippen molar-refractivity contribution in [2.75, 3.05) is 18.9 Å². The van der Waals surface area contributed by atoms with Crippen LogP contribution in [-0.2, 0) is 6.54 Å². The van der Waals surface area contributed by atoms with Crippen LogP contribution >= 0.6 is 0 Å². The fourth-order valence-electron chi connectivity index (χ4n) is 2.18. The molecule has 3 nitrogen and oxygen atoms in total. The van der Waals surface area contributed by atoms with Crippen LogP contribution in [0.2, 0.25) is 0 Å². The van der Waals surface area contributed by atoms with Crippen molar-refractivity contribution in [1.82, 2.24) is 9.88 Å². The molecule has 1 N–H and O–H groups in total. The number of hydrogen-bond acceptors (Lipinski definition) is 3. The Hall–Kier alpha value is -1.09. The molecule has 108 valence electrons. The zero-order chi connectivity index (χ0) is 14.3. The minimum atomic E-state index is 0.609. The van der Waals surface area contributed by atoms with Gasteiger partial charge >= 0.3 is 0 Å². The summed E-state index contributed by atoms with van der Waals surface area (Å²) >= 11 is 0. The monoisotopic (exact) mass is 263 g/mol. The van der Waals surface area contributed by atoms with E-state index in [4.69, 9.17) is 0 Å². The van der Waals surface area contributed by atoms with Gasteiger partial charge in [-0.15, -0.1) is 0 Å². The smallest absolute Gasteiger partial charge is 0.125 e. The molecule has 0 radical (unpaired) electrons. The lowest BCUT2D eigenvalue weighted by Gasteiger charge is -2.26. The number of pyridine rings is 1. The maximum absolute atomic E-state index is 4.45. The molecule has 1 unspecified atom stereocenters. The molecule has 1 atom stereocenters. The van der Waals surface area contributed by atoms with Gasteiger partial charge in [-0.2, -0.15) is 0 Å². The molecule has 1 rings (SSSR count). The van der Waals surface area contributed by atoms with Crippen LogP contribution in [-0.4, -0.2) is 29.5 Å². The highest BCUT2D eigenvalue weighted by Crippen LogP contribution is 2.13. The Balaban J connectivity index is 2.48. The maximum Gasteiger partial charge on any atom is 0.125 e. The number of rotatable bonds is 8. The zero-order valence-electron chi connectivity index (χ0n) is 13.1. The fourth-order valence-corrected chi connectivity index (χ4v) is 2.18. The topological polar surface area (TPSA) is 28.2 Å². The van der Waals surface area contributed by atoms with E-state index in [1.807, 2.05) is 6.20 Å². The minimum absolute atomic E-state index is 0.609. The second-order valence-electron chi connectivity index (χ2n) is 5.87. The normalized spacial score (nSPS) is 13.0. The summed E-state index contributed by atoms with van der Waals surface area (Å²) in [6.45, 7) is 11.0. The van der Waals surface area contributed by atoms with Gasteiger partial charge < -0.3 is 5.32 Å². The average molecular weight is 263 g/mol. The molecule has 19 heavy (non-hydrogen) atoms. The molecule has 3 heteroatoms. The Labute approximate surface area is 118 Å². The molecular weight excluding hydrogens is 234 g/mol. The first-order chi connectivity index (χ1) is 9.02. The highest BCUT2D eigenvalue weighted by Gasteiger charge is 2.11. The molecule has 1 aromatic heterocycles. The SMILES string of the molecule is CCCNc1ccc(CN(C)C(C)CC(C)C)cn1. The molecular formula is C16H29N3. The number of nitrogens with zero attached hydrogens (tertiary/aromatic N) is 2. The predicted octanol–water partition coefficient (Wildman–Crippen LogP) is 3.77. The number of hydrogen-bond donors (Lipinski definition) is 1. The molecule has 1 heterocycles. The summed E-state index contributed by atoms with van der Waals surface area (Å²) in [5.41, 5.74) is 1.28. The van der Waals surface area contributed by atoms with Gasteiger partial charge in [0, 0.05) is 25.3 Å². The molecule has 0 spiro atoms. The molecule has 1 aromatic rings. The summed E-state index contributed by atoms with van der Waals surface area (Å²) in [6.07, 6.45) is 4.34. The van der Waals surface area contributed by atoms with E-state index in [2.05, 4.69) is 62.1 Å². The van der Waals surface area contributed by atoms with Crippen LogP contribution < -0.4 is 5.32 Å². The Morgan fingerprint density at radius 1 is 1.26 bits per heavy atom. The van der Waals surface area contributed by atoms with Crippen molar-refractivity contribution >= 4 is 5.82 Å². The molecule has 0 bridgehead atoms. The zero-order valence-corrected chi connectivity index (χ0v) is 13.1. The number of anilines is 1. The van der Waals surface area contributed by atoms with Crippen molar-refractivity contribution in [3.63, 3.8) is 0 Å². The Morgan fingerprint density at radius 3 is 2.53 bits per heavy atom. The number of nitrogens with one attached hydrogen (secondary N) is 1. The van der Waals surface area contributed by atoms with Crippen LogP contribution in [0.5, 0.6) is 0 Å². The maximum atomic E-state index is 4.45. The van der Waals surface area contributed by atoms with E-state index in [0.29, 0.717) is 6.04 Å². The highest BCUT2D eigenvalue weighted by atomic mass is 15.1. The molecule has 0 amide bonds. The summed E-state index contributed by atoms with van der Waals surface area (Å²) in [7, 11) is 2.19. The Morgan fingerprint density at radius 2 is 2.00 bits per heavy atom. The van der Waals surface area contributed by atoms with Crippen LogP contribution in [0.15, 0.2) is 18.3 Å². The molecule has 0 aliphatic rings. The fraction of sp³-hybridized carbons (Fsp3) is 0.688. The summed E-state index contributed by atoms with van der Waals surface area (Å²) in [6, 6.07) is 4.85. The molecule has 0 aliphatic heterocycles. The lowest BCUT2D eigenvalue weighted by molar-refractivity contribution is 0.220. The number of aromatic nitrogens is 1. The summed E-state index contributed by atoms with van der Waals surface area (Å²) in [5, 5.41) is 3.30. The van der Waals surface area contributed by atoms with Crippen molar-refractivity contribution in [3.05, 3.63) is 23.9 Å². The molecule has 0 aliphatic carbocycles. The van der Waals surface area contributed by atoms with E-state index in [0.717, 1.165) is 31.2 Å². The van der Waals surface area contributed by atoms with E-state index in [-0.39, 0.29) is 0 Å². The van der Waals surface area contributed by atoms with Crippen molar-refractivity contribution in [2.45, 2.75) is 53.1 Å². The Kier molecular flexibility index (Phi) is 6.85. The van der Waals surface area contributed by atoms with Crippen LogP contribution in [0.3, 0.4) is 0 Å². The summed E-state index contributed by atoms with van der Waals surface area (Å²) < 4.78 is 0. The van der Waals surface area contributed by atoms with Crippen molar-refractivity contribution in [3.8, 4) is 0 Å². The Bertz CT molecular complexity index is 346. The third-order valence-corrected chi connectivity index (χ3v) is 3.38. The van der Waals surface area contributed by atoms with Gasteiger partial charge in [0.05, 0.1) is 0 Å². The van der Waals surface area contributed by atoms with Gasteiger partial charge in [0.15, 0.2) is 0 Å². The first kappa shape index (κ1) is 16.0. The molecule has 0 fully saturated rings. The standard InChI is InChI=1S/C16H29N3/c1-6-9-17-16-8-7-15(11-18-16)12-19(5)14(4)10-13(2)3/h7-8,11,13-14H,6,9-10,12H2,1-5H3,(H,17,18). The van der Waals surface area contributed by atoms with Crippen LogP contribution in [0, 0.1) is 5.92 Å². The van der Waals surface area contributed by atoms with Gasteiger partial charge in [0.1, 0.15) is 5.82 Å². The lowest BCUT2D eigenvalue weighted by atomic mass is 10.0. The van der Waals surface area contributed by atoms with E-state index in [1.54, 1.807) is 0 Å². The third kappa shape index (κ3) is 6.06. The van der Waals surface area contributed by atoms with Crippen LogP contribution in [0.25, 0.3) is 0 Å². The first-order valence-corrected chi connectivity index (χ1v) is 7.42. The summed E-state index contributed by atoms with van der Waals surface area (Å²) in [5.74, 6) is 1.72. The summed E-state index contributed by atoms with van der Waals surface area (Å²) in [4.78, 5) is 6.85. The third-order valence-electron chi connectivity index (χ3n) is 3.38. The first-order valence-electron chi connectivity index (χ1n) is 7.42. The van der Waals surface area contributed by atoms with Gasteiger partial charge in [-0.25, -0.2) is 4.98 Å². The van der Waals surface area contributed by atoms with E-state index < -0.39 is 0 Å². The van der Waals surface area contributed by atoms with E-state index in [1.165, 1.54) is 12.0 Å². The van der Waals surface area contributed by atoms with Gasteiger partial charge in [-0.1, -0.05) is 26.8 Å². The molecule has 0 saturated carbocycles. The van der Waals surface area contributed by atoms with Crippen molar-refractivity contribution in [2.24, 2.45) is 5.92 Å². The van der Waals surface area contributed by atoms with Crippen LogP contribution in [0.4, 0.5) is 5.82 Å². The van der Waals surface area contributed by atoms with E-state index >= 15 is 0 Å². The van der Waals surface area contributed by atoms with Gasteiger partial charge in [0.2, 0.25) is 0 Å². The molecule has 0 saturated heterocycles. The van der Waals surface area contributed by atoms with Crippen LogP contribution in [0.1, 0.15) is 46.1 Å². The van der Waals surface area contributed by atoms with Crippen molar-refractivity contribution in [1.29, 1.82) is 0 Å². The highest BCUT2D eigenvalue weighted by molar-refractivity contribution is 5.35. The average Bonchev–Trinajstić information content (AvgIpc) is 2.37. The van der Waals surface area contributed by atoms with Crippen molar-refractivity contribution < 1.29 is 0 Å². The van der Waals surface area contributed by atoms with Gasteiger partial charge in [-0.05, 0) is 44.4 Å². The second kappa shape index (κ2) is 8.16.